The minimum atomic E-state index is -0.246. The molecule has 0 atom stereocenters. The van der Waals surface area contributed by atoms with Gasteiger partial charge in [0.05, 0.1) is 0 Å². The molecule has 0 aliphatic carbocycles. The van der Waals surface area contributed by atoms with E-state index >= 15 is 0 Å². The van der Waals surface area contributed by atoms with Crippen LogP contribution in [0.3, 0.4) is 0 Å². The maximum absolute atomic E-state index is 10.3. The Hall–Kier alpha value is -1.75. The summed E-state index contributed by atoms with van der Waals surface area (Å²) in [5.74, 6) is 0. The zero-order valence-electron chi connectivity index (χ0n) is 22.6. The summed E-state index contributed by atoms with van der Waals surface area (Å²) in [6.45, 7) is 8.14. The van der Waals surface area contributed by atoms with Crippen LogP contribution in [0.5, 0.6) is 0 Å². The molecule has 2 aromatic heterocycles. The average Bonchev–Trinajstić information content (AvgIpc) is 3.46. The van der Waals surface area contributed by atoms with Gasteiger partial charge in [0.1, 0.15) is 0 Å². The van der Waals surface area contributed by atoms with Gasteiger partial charge in [-0.3, -0.25) is 0 Å². The number of aliphatic hydroxyl groups is 1. The van der Waals surface area contributed by atoms with E-state index in [1.807, 2.05) is 28.5 Å². The summed E-state index contributed by atoms with van der Waals surface area (Å²) >= 11 is 3.76. The molecule has 7 heteroatoms. The fraction of sp³-hybridized carbons (Fsp3) is 0.467. The number of thiazole rings is 1. The Bertz CT molecular complexity index is 1350. The zero-order chi connectivity index (χ0) is 26.6. The van der Waals surface area contributed by atoms with Crippen molar-refractivity contribution in [3.05, 3.63) is 55.1 Å². The van der Waals surface area contributed by atoms with Gasteiger partial charge in [-0.05, 0) is 6.42 Å². The van der Waals surface area contributed by atoms with E-state index in [2.05, 4.69) is 60.0 Å². The molecule has 3 heterocycles. The van der Waals surface area contributed by atoms with Crippen LogP contribution in [0.25, 0.3) is 27.7 Å². The third-order valence-electron chi connectivity index (χ3n) is 6.86. The Morgan fingerprint density at radius 2 is 2.16 bits per heavy atom. The maximum atomic E-state index is 10.3. The predicted molar refractivity (Wildman–Crippen MR) is 158 cm³/mol. The van der Waals surface area contributed by atoms with Crippen LogP contribution < -0.4 is 0 Å². The number of aryl methyl sites for hydroxylation is 3. The number of rotatable bonds is 11. The van der Waals surface area contributed by atoms with E-state index in [9.17, 15) is 5.11 Å². The van der Waals surface area contributed by atoms with Crippen molar-refractivity contribution in [2.45, 2.75) is 59.4 Å². The number of benzene rings is 1. The van der Waals surface area contributed by atoms with Crippen molar-refractivity contribution in [1.29, 1.82) is 0 Å². The second-order valence-corrected chi connectivity index (χ2v) is 12.8. The first-order valence-electron chi connectivity index (χ1n) is 13.1. The van der Waals surface area contributed by atoms with E-state index < -0.39 is 0 Å². The van der Waals surface area contributed by atoms with E-state index in [4.69, 9.17) is 9.72 Å². The Kier molecular flexibility index (Phi) is 9.48. The van der Waals surface area contributed by atoms with Crippen LogP contribution in [0, 0.1) is 5.41 Å². The standard InChI is InChI=1S/C30H38N3O2STe/c1-6-8-27-32-26(18-36-27)22-13-20-9-7-11-33-28(20)24(15-22)25(16-30(2,3)19-34)29(33)21(10-12-35-5)14-23(37)17-31-4/h10,13-15,17-18,34H,6-9,11-12,16,19H2,1-5H3/b21-10-,23-14+,31-17?. The second-order valence-electron chi connectivity index (χ2n) is 10.5. The van der Waals surface area contributed by atoms with Gasteiger partial charge < -0.3 is 0 Å². The molecule has 197 valence electrons. The first kappa shape index (κ1) is 28.3. The van der Waals surface area contributed by atoms with Crippen LogP contribution in [0.4, 0.5) is 0 Å². The summed E-state index contributed by atoms with van der Waals surface area (Å²) in [5, 5.41) is 14.9. The van der Waals surface area contributed by atoms with Crippen LogP contribution in [-0.2, 0) is 30.5 Å². The van der Waals surface area contributed by atoms with Crippen molar-refractivity contribution in [3.8, 4) is 11.3 Å². The van der Waals surface area contributed by atoms with Crippen molar-refractivity contribution in [2.24, 2.45) is 10.4 Å². The number of ether oxygens (including phenoxy) is 1. The van der Waals surface area contributed by atoms with E-state index in [-0.39, 0.29) is 12.0 Å². The molecule has 0 bridgehead atoms. The van der Waals surface area contributed by atoms with Gasteiger partial charge in [0.2, 0.25) is 0 Å². The molecule has 37 heavy (non-hydrogen) atoms. The van der Waals surface area contributed by atoms with E-state index in [1.54, 1.807) is 25.5 Å². The average molecular weight is 632 g/mol. The van der Waals surface area contributed by atoms with Crippen LogP contribution in [-0.4, -0.2) is 70.5 Å². The number of aliphatic imine (C=N–C) groups is 1. The summed E-state index contributed by atoms with van der Waals surface area (Å²) in [5.41, 5.74) is 8.43. The van der Waals surface area contributed by atoms with Gasteiger partial charge in [-0.2, -0.15) is 0 Å². The number of hydrogen-bond acceptors (Lipinski definition) is 5. The summed E-state index contributed by atoms with van der Waals surface area (Å²) in [4.78, 5) is 9.21. The number of nitrogens with zero attached hydrogens (tertiary/aromatic N) is 3. The SMILES string of the molecule is CCCc1nc(-c2cc3c4c(c2)c(CC(C)(C)CO)c(C(=C\COC)/C=C(/[Te])C=NC)n4CCC3)cs1. The zero-order valence-corrected chi connectivity index (χ0v) is 25.8. The van der Waals surface area contributed by atoms with Gasteiger partial charge in [0.25, 0.3) is 0 Å². The Labute approximate surface area is 238 Å². The quantitative estimate of drug-likeness (QED) is 0.160. The molecule has 1 radical (unpaired) electrons. The van der Waals surface area contributed by atoms with E-state index in [0.29, 0.717) is 6.61 Å². The topological polar surface area (TPSA) is 59.6 Å². The molecule has 5 nitrogen and oxygen atoms in total. The van der Waals surface area contributed by atoms with Crippen molar-refractivity contribution in [1.82, 2.24) is 9.55 Å². The number of aliphatic hydroxyl groups excluding tert-OH is 1. The van der Waals surface area contributed by atoms with Gasteiger partial charge >= 0.3 is 226 Å². The molecule has 3 aromatic rings. The summed E-state index contributed by atoms with van der Waals surface area (Å²) in [6, 6.07) is 4.70. The first-order chi connectivity index (χ1) is 17.8. The Morgan fingerprint density at radius 1 is 1.35 bits per heavy atom. The Balaban J connectivity index is 2.02. The van der Waals surface area contributed by atoms with Crippen molar-refractivity contribution >= 4 is 56.3 Å². The minimum absolute atomic E-state index is 0.132. The molecule has 1 aliphatic rings. The van der Waals surface area contributed by atoms with Crippen LogP contribution in [0.2, 0.25) is 0 Å². The molecular formula is C30H38N3O2STe. The third-order valence-corrected chi connectivity index (χ3v) is 8.41. The second kappa shape index (κ2) is 12.4. The molecule has 1 aromatic carbocycles. The van der Waals surface area contributed by atoms with Crippen LogP contribution in [0.15, 0.2) is 38.3 Å². The monoisotopic (exact) mass is 634 g/mol. The van der Waals surface area contributed by atoms with Crippen molar-refractivity contribution < 1.29 is 9.84 Å². The fourth-order valence-corrected chi connectivity index (χ4v) is 6.74. The first-order valence-corrected chi connectivity index (χ1v) is 15.1. The molecule has 4 rings (SSSR count). The molecule has 1 aliphatic heterocycles. The number of methoxy groups -OCH3 is 1. The summed E-state index contributed by atoms with van der Waals surface area (Å²) < 4.78 is 9.11. The molecule has 0 unspecified atom stereocenters. The number of aromatic nitrogens is 2. The van der Waals surface area contributed by atoms with Gasteiger partial charge in [-0.15, -0.1) is 0 Å². The van der Waals surface area contributed by atoms with Crippen LogP contribution in [0.1, 0.15) is 55.4 Å². The third kappa shape index (κ3) is 6.29. The van der Waals surface area contributed by atoms with Gasteiger partial charge in [-0.25, -0.2) is 0 Å². The van der Waals surface area contributed by atoms with Crippen LogP contribution >= 0.6 is 11.3 Å². The number of allylic oxidation sites excluding steroid dienone is 3. The van der Waals surface area contributed by atoms with Gasteiger partial charge in [-0.1, -0.05) is 6.92 Å². The molecule has 0 saturated heterocycles. The molecule has 0 saturated carbocycles. The van der Waals surface area contributed by atoms with E-state index in [1.165, 1.54) is 38.3 Å². The summed E-state index contributed by atoms with van der Waals surface area (Å²) in [7, 11) is 3.54. The molecule has 0 fully saturated rings. The van der Waals surface area contributed by atoms with E-state index in [0.717, 1.165) is 53.5 Å². The number of hydrogen-bond donors (Lipinski definition) is 1. The molecular weight excluding hydrogens is 594 g/mol. The fourth-order valence-electron chi connectivity index (χ4n) is 5.17. The van der Waals surface area contributed by atoms with Gasteiger partial charge in [0, 0.05) is 0 Å². The van der Waals surface area contributed by atoms with Crippen molar-refractivity contribution in [2.75, 3.05) is 27.4 Å². The Morgan fingerprint density at radius 3 is 2.86 bits per heavy atom. The van der Waals surface area contributed by atoms with Gasteiger partial charge in [0.15, 0.2) is 0 Å². The van der Waals surface area contributed by atoms with Crippen molar-refractivity contribution in [3.63, 3.8) is 0 Å². The predicted octanol–water partition coefficient (Wildman–Crippen LogP) is 6.01. The molecule has 0 amide bonds. The molecule has 1 N–H and O–H groups in total. The normalized spacial score (nSPS) is 14.9. The summed E-state index contributed by atoms with van der Waals surface area (Å²) in [6.07, 6.45) is 11.4. The molecule has 0 spiro atoms.